The van der Waals surface area contributed by atoms with Crippen LogP contribution in [0.2, 0.25) is 0 Å². The number of aliphatic hydroxyl groups is 1. The molecule has 0 saturated heterocycles. The fraction of sp³-hybridized carbons (Fsp3) is 0.214. The Hall–Kier alpha value is -2.47. The molecule has 1 heterocycles. The topological polar surface area (TPSA) is 87.1 Å². The third kappa shape index (κ3) is 3.52. The Balaban J connectivity index is 2.03. The number of anilines is 2. The summed E-state index contributed by atoms with van der Waals surface area (Å²) < 4.78 is 0. The molecule has 1 aromatic carbocycles. The minimum absolute atomic E-state index is 0.0222. The summed E-state index contributed by atoms with van der Waals surface area (Å²) in [7, 11) is 0. The number of rotatable bonds is 5. The number of carbonyl (C=O) groups excluding carboxylic acids is 1. The van der Waals surface area contributed by atoms with Gasteiger partial charge in [-0.2, -0.15) is 0 Å². The lowest BCUT2D eigenvalue weighted by Gasteiger charge is -2.06. The van der Waals surface area contributed by atoms with Gasteiger partial charge in [0.05, 0.1) is 19.0 Å². The number of aliphatic hydroxyl groups excluding tert-OH is 1. The zero-order valence-corrected chi connectivity index (χ0v) is 11.1. The molecule has 0 aliphatic heterocycles. The van der Waals surface area contributed by atoms with Crippen LogP contribution in [-0.2, 0) is 6.61 Å². The molecule has 1 aromatic heterocycles. The molecule has 0 bridgehead atoms. The Bertz CT molecular complexity index is 567. The number of amides is 1. The maximum absolute atomic E-state index is 12.0. The minimum Gasteiger partial charge on any atom is -0.392 e. The van der Waals surface area contributed by atoms with Crippen LogP contribution >= 0.6 is 0 Å². The highest BCUT2D eigenvalue weighted by Crippen LogP contribution is 2.11. The normalized spacial score (nSPS) is 10.1. The van der Waals surface area contributed by atoms with Crippen LogP contribution in [0, 0.1) is 0 Å². The average molecular weight is 272 g/mol. The zero-order valence-electron chi connectivity index (χ0n) is 11.1. The van der Waals surface area contributed by atoms with E-state index in [1.807, 2.05) is 6.92 Å². The second kappa shape index (κ2) is 6.63. The van der Waals surface area contributed by atoms with E-state index in [2.05, 4.69) is 20.6 Å². The number of hydrogen-bond acceptors (Lipinski definition) is 5. The molecule has 6 heteroatoms. The largest absolute Gasteiger partial charge is 0.392 e. The van der Waals surface area contributed by atoms with Gasteiger partial charge < -0.3 is 15.7 Å². The molecule has 3 N–H and O–H groups in total. The Morgan fingerprint density at radius 3 is 2.50 bits per heavy atom. The smallest absolute Gasteiger partial charge is 0.275 e. The summed E-state index contributed by atoms with van der Waals surface area (Å²) in [6, 6.07) is 6.94. The van der Waals surface area contributed by atoms with Crippen molar-refractivity contribution in [3.8, 4) is 0 Å². The van der Waals surface area contributed by atoms with Crippen molar-refractivity contribution in [1.82, 2.24) is 9.97 Å². The van der Waals surface area contributed by atoms with E-state index in [1.54, 1.807) is 24.3 Å². The third-order valence-corrected chi connectivity index (χ3v) is 2.64. The summed E-state index contributed by atoms with van der Waals surface area (Å²) in [5, 5.41) is 14.7. The molecule has 2 aromatic rings. The van der Waals surface area contributed by atoms with Gasteiger partial charge in [0, 0.05) is 12.2 Å². The molecular weight excluding hydrogens is 256 g/mol. The van der Waals surface area contributed by atoms with E-state index < -0.39 is 0 Å². The summed E-state index contributed by atoms with van der Waals surface area (Å²) >= 11 is 0. The van der Waals surface area contributed by atoms with Gasteiger partial charge in [-0.25, -0.2) is 9.97 Å². The van der Waals surface area contributed by atoms with Crippen LogP contribution in [-0.4, -0.2) is 27.5 Å². The number of carbonyl (C=O) groups is 1. The molecule has 104 valence electrons. The van der Waals surface area contributed by atoms with E-state index in [1.165, 1.54) is 12.4 Å². The highest BCUT2D eigenvalue weighted by atomic mass is 16.3. The predicted octanol–water partition coefficient (Wildman–Crippen LogP) is 1.65. The molecule has 20 heavy (non-hydrogen) atoms. The molecule has 6 nitrogen and oxygen atoms in total. The molecule has 1 amide bonds. The molecule has 0 aliphatic carbocycles. The van der Waals surface area contributed by atoms with E-state index in [0.29, 0.717) is 11.5 Å². The van der Waals surface area contributed by atoms with Crippen LogP contribution in [0.3, 0.4) is 0 Å². The quantitative estimate of drug-likeness (QED) is 0.770. The SMILES string of the molecule is CCNc1cnc(C(=O)Nc2ccc(CO)cc2)cn1. The van der Waals surface area contributed by atoms with Crippen LogP contribution in [0.4, 0.5) is 11.5 Å². The monoisotopic (exact) mass is 272 g/mol. The number of nitrogens with one attached hydrogen (secondary N) is 2. The average Bonchev–Trinajstić information content (AvgIpc) is 2.49. The van der Waals surface area contributed by atoms with Gasteiger partial charge >= 0.3 is 0 Å². The van der Waals surface area contributed by atoms with Crippen LogP contribution in [0.15, 0.2) is 36.7 Å². The molecule has 0 saturated carbocycles. The third-order valence-electron chi connectivity index (χ3n) is 2.64. The number of aromatic nitrogens is 2. The van der Waals surface area contributed by atoms with Gasteiger partial charge in [0.15, 0.2) is 0 Å². The lowest BCUT2D eigenvalue weighted by atomic mass is 10.2. The molecule has 2 rings (SSSR count). The summed E-state index contributed by atoms with van der Waals surface area (Å²) in [6.45, 7) is 2.68. The highest BCUT2D eigenvalue weighted by molar-refractivity contribution is 6.02. The van der Waals surface area contributed by atoms with E-state index in [9.17, 15) is 4.79 Å². The Kier molecular flexibility index (Phi) is 4.62. The first kappa shape index (κ1) is 14.0. The van der Waals surface area contributed by atoms with Crippen molar-refractivity contribution < 1.29 is 9.90 Å². The van der Waals surface area contributed by atoms with Crippen molar-refractivity contribution in [2.24, 2.45) is 0 Å². The Morgan fingerprint density at radius 2 is 1.95 bits per heavy atom. The van der Waals surface area contributed by atoms with E-state index in [-0.39, 0.29) is 18.2 Å². The van der Waals surface area contributed by atoms with Gasteiger partial charge in [-0.05, 0) is 24.6 Å². The fourth-order valence-electron chi connectivity index (χ4n) is 1.61. The Morgan fingerprint density at radius 1 is 1.20 bits per heavy atom. The van der Waals surface area contributed by atoms with Crippen molar-refractivity contribution in [1.29, 1.82) is 0 Å². The van der Waals surface area contributed by atoms with Crippen LogP contribution < -0.4 is 10.6 Å². The van der Waals surface area contributed by atoms with Gasteiger partial charge in [-0.3, -0.25) is 4.79 Å². The molecule has 0 unspecified atom stereocenters. The zero-order chi connectivity index (χ0) is 14.4. The van der Waals surface area contributed by atoms with Crippen LogP contribution in [0.1, 0.15) is 23.0 Å². The van der Waals surface area contributed by atoms with Crippen molar-refractivity contribution in [3.63, 3.8) is 0 Å². The number of hydrogen-bond donors (Lipinski definition) is 3. The molecule has 0 fully saturated rings. The minimum atomic E-state index is -0.322. The lowest BCUT2D eigenvalue weighted by Crippen LogP contribution is -2.14. The fourth-order valence-corrected chi connectivity index (χ4v) is 1.61. The first-order valence-corrected chi connectivity index (χ1v) is 6.30. The molecule has 0 aliphatic rings. The molecule has 0 radical (unpaired) electrons. The van der Waals surface area contributed by atoms with Crippen molar-refractivity contribution in [3.05, 3.63) is 47.9 Å². The van der Waals surface area contributed by atoms with E-state index >= 15 is 0 Å². The van der Waals surface area contributed by atoms with Gasteiger partial charge in [-0.1, -0.05) is 12.1 Å². The maximum atomic E-state index is 12.0. The van der Waals surface area contributed by atoms with E-state index in [4.69, 9.17) is 5.11 Å². The van der Waals surface area contributed by atoms with Gasteiger partial charge in [-0.15, -0.1) is 0 Å². The van der Waals surface area contributed by atoms with Gasteiger partial charge in [0.25, 0.3) is 5.91 Å². The first-order chi connectivity index (χ1) is 9.72. The second-order valence-corrected chi connectivity index (χ2v) is 4.13. The van der Waals surface area contributed by atoms with E-state index in [0.717, 1.165) is 12.1 Å². The van der Waals surface area contributed by atoms with Crippen LogP contribution in [0.5, 0.6) is 0 Å². The van der Waals surface area contributed by atoms with Crippen molar-refractivity contribution >= 4 is 17.4 Å². The maximum Gasteiger partial charge on any atom is 0.275 e. The predicted molar refractivity (Wildman–Crippen MR) is 76.5 cm³/mol. The Labute approximate surface area is 116 Å². The first-order valence-electron chi connectivity index (χ1n) is 6.30. The van der Waals surface area contributed by atoms with Crippen molar-refractivity contribution in [2.45, 2.75) is 13.5 Å². The summed E-state index contributed by atoms with van der Waals surface area (Å²) in [6.07, 6.45) is 2.95. The number of benzene rings is 1. The van der Waals surface area contributed by atoms with Crippen molar-refractivity contribution in [2.75, 3.05) is 17.2 Å². The lowest BCUT2D eigenvalue weighted by molar-refractivity contribution is 0.102. The summed E-state index contributed by atoms with van der Waals surface area (Å²) in [4.78, 5) is 20.1. The standard InChI is InChI=1S/C14H16N4O2/c1-2-15-13-8-16-12(7-17-13)14(20)18-11-5-3-10(9-19)4-6-11/h3-8,19H,2,9H2,1H3,(H,15,17)(H,18,20). The van der Waals surface area contributed by atoms with Gasteiger partial charge in [0.2, 0.25) is 0 Å². The summed E-state index contributed by atoms with van der Waals surface area (Å²) in [5.74, 6) is 0.314. The van der Waals surface area contributed by atoms with Gasteiger partial charge in [0.1, 0.15) is 11.5 Å². The number of nitrogens with zero attached hydrogens (tertiary/aromatic N) is 2. The highest BCUT2D eigenvalue weighted by Gasteiger charge is 2.08. The molecule has 0 atom stereocenters. The van der Waals surface area contributed by atoms with Crippen LogP contribution in [0.25, 0.3) is 0 Å². The molecule has 0 spiro atoms. The molecular formula is C14H16N4O2. The summed E-state index contributed by atoms with van der Waals surface area (Å²) in [5.41, 5.74) is 1.68. The second-order valence-electron chi connectivity index (χ2n) is 4.13.